The largest absolute Gasteiger partial charge is 0.386 e. The number of fused-ring (bicyclic) bond motifs is 2. The number of anilines is 1. The number of rotatable bonds is 26. The van der Waals surface area contributed by atoms with Crippen molar-refractivity contribution < 1.29 is 33.1 Å². The Hall–Kier alpha value is -4.00. The Labute approximate surface area is 337 Å². The van der Waals surface area contributed by atoms with Gasteiger partial charge in [-0.05, 0) is 68.4 Å². The molecule has 2 aliphatic rings. The first kappa shape index (κ1) is 43.1. The maximum atomic E-state index is 13.0. The third-order valence-corrected chi connectivity index (χ3v) is 11.3. The van der Waals surface area contributed by atoms with Crippen LogP contribution in [-0.4, -0.2) is 83.7 Å². The Morgan fingerprint density at radius 2 is 1.59 bits per heavy atom. The van der Waals surface area contributed by atoms with Gasteiger partial charge in [0, 0.05) is 54.8 Å². The normalized spacial score (nSPS) is 17.3. The molecule has 0 saturated carbocycles. The maximum absolute atomic E-state index is 13.0. The third kappa shape index (κ3) is 14.2. The number of pyridine rings is 1. The van der Waals surface area contributed by atoms with Gasteiger partial charge in [-0.15, -0.1) is 0 Å². The van der Waals surface area contributed by atoms with Crippen molar-refractivity contribution >= 4 is 46.1 Å². The maximum Gasteiger partial charge on any atom is 0.240 e. The molecule has 5 rings (SSSR count). The Kier molecular flexibility index (Phi) is 18.4. The van der Waals surface area contributed by atoms with E-state index < -0.39 is 0 Å². The summed E-state index contributed by atoms with van der Waals surface area (Å²) in [5.41, 5.74) is 4.51. The van der Waals surface area contributed by atoms with E-state index in [1.165, 1.54) is 23.7 Å². The number of unbranched alkanes of at least 4 members (excludes halogenated alkanes) is 2. The Balaban J connectivity index is 0.842. The number of aryl methyl sites for hydroxylation is 1. The quantitative estimate of drug-likeness (QED) is 0.0651. The summed E-state index contributed by atoms with van der Waals surface area (Å²) in [6.07, 6.45) is 15.9. The second-order valence-corrected chi connectivity index (χ2v) is 15.5. The summed E-state index contributed by atoms with van der Waals surface area (Å²) in [5, 5.41) is 8.59. The minimum atomic E-state index is -0.0655. The molecule has 2 atom stereocenters. The highest BCUT2D eigenvalue weighted by atomic mass is 32.2. The molecule has 2 unspecified atom stereocenters. The number of hydrogen-bond acceptors (Lipinski definition) is 9. The van der Waals surface area contributed by atoms with Crippen LogP contribution in [0.5, 0.6) is 0 Å². The van der Waals surface area contributed by atoms with Crippen molar-refractivity contribution in [3.8, 4) is 0 Å². The van der Waals surface area contributed by atoms with E-state index in [9.17, 15) is 9.59 Å². The molecular formula is C45H61N4O6S+. The van der Waals surface area contributed by atoms with Crippen LogP contribution in [0.25, 0.3) is 17.0 Å². The van der Waals surface area contributed by atoms with E-state index in [4.69, 9.17) is 18.9 Å². The molecular weight excluding hydrogens is 725 g/mol. The van der Waals surface area contributed by atoms with E-state index in [2.05, 4.69) is 108 Å². The van der Waals surface area contributed by atoms with Crippen LogP contribution in [0.1, 0.15) is 63.9 Å². The van der Waals surface area contributed by atoms with Gasteiger partial charge in [0.1, 0.15) is 19.4 Å². The minimum absolute atomic E-state index is 0.0655. The molecule has 1 aromatic heterocycles. The Bertz CT molecular complexity index is 1780. The van der Waals surface area contributed by atoms with E-state index in [-0.39, 0.29) is 12.5 Å². The van der Waals surface area contributed by atoms with Crippen molar-refractivity contribution in [2.24, 2.45) is 13.0 Å². The highest BCUT2D eigenvalue weighted by Crippen LogP contribution is 2.45. The second-order valence-electron chi connectivity index (χ2n) is 14.5. The van der Waals surface area contributed by atoms with Crippen molar-refractivity contribution in [2.75, 3.05) is 70.8 Å². The highest BCUT2D eigenvalue weighted by Gasteiger charge is 2.26. The van der Waals surface area contributed by atoms with Crippen LogP contribution in [0.2, 0.25) is 0 Å². The fourth-order valence-electron chi connectivity index (χ4n) is 7.08. The van der Waals surface area contributed by atoms with Crippen LogP contribution >= 0.6 is 11.8 Å². The summed E-state index contributed by atoms with van der Waals surface area (Å²) in [6.45, 7) is 10.7. The van der Waals surface area contributed by atoms with E-state index in [1.807, 2.05) is 12.1 Å². The number of benzene rings is 2. The lowest BCUT2D eigenvalue weighted by atomic mass is 9.94. The van der Waals surface area contributed by atoms with Crippen LogP contribution in [-0.2, 0) is 35.6 Å². The first-order valence-electron chi connectivity index (χ1n) is 20.2. The number of ether oxygens (including phenoxy) is 4. The fourth-order valence-corrected chi connectivity index (χ4v) is 8.15. The standard InChI is InChI=1S/C45H60N4O6S/c1-35-33-38(36(2)47-35)13-5-4-6-15-39(50)16-12-25-52-27-29-54-31-32-55-30-28-53-26-23-46-44(51)34-49-42-19-9-10-20-43(42)56-45(49)21-11-14-37-22-24-48(3)41-18-8-7-17-40(37)41/h7-11,14,17-22,24,36,38,47H,1,4-6,12-13,15-16,23,25-34H2,2-3H3/p+1. The molecule has 1 fully saturated rings. The molecule has 11 heteroatoms. The molecule has 3 aromatic rings. The van der Waals surface area contributed by atoms with Crippen molar-refractivity contribution in [1.29, 1.82) is 0 Å². The lowest BCUT2D eigenvalue weighted by Gasteiger charge is -2.19. The number of carbonyl (C=O) groups is 2. The van der Waals surface area contributed by atoms with Gasteiger partial charge >= 0.3 is 0 Å². The summed E-state index contributed by atoms with van der Waals surface area (Å²) in [4.78, 5) is 28.3. The smallest absolute Gasteiger partial charge is 0.240 e. The van der Waals surface area contributed by atoms with Crippen LogP contribution in [0.3, 0.4) is 0 Å². The van der Waals surface area contributed by atoms with Gasteiger partial charge in [-0.3, -0.25) is 9.59 Å². The summed E-state index contributed by atoms with van der Waals surface area (Å²) >= 11 is 1.67. The Morgan fingerprint density at radius 1 is 0.893 bits per heavy atom. The highest BCUT2D eigenvalue weighted by molar-refractivity contribution is 8.03. The molecule has 0 radical (unpaired) electrons. The van der Waals surface area contributed by atoms with E-state index in [0.29, 0.717) is 90.0 Å². The Morgan fingerprint density at radius 3 is 2.36 bits per heavy atom. The third-order valence-electron chi connectivity index (χ3n) is 10.1. The molecule has 0 spiro atoms. The first-order chi connectivity index (χ1) is 27.4. The SMILES string of the molecule is C=C1CC(CCCCCC(=O)CCCOCCOCCOCCOCCNC(=O)CN2C(=CC=Cc3cc[n+](C)c4ccccc34)Sc3ccccc32)C(C)N1. The fraction of sp³-hybridized carbons (Fsp3) is 0.489. The van der Waals surface area contributed by atoms with E-state index in [1.54, 1.807) is 11.8 Å². The average Bonchev–Trinajstić information content (AvgIpc) is 3.71. The van der Waals surface area contributed by atoms with Gasteiger partial charge in [-0.1, -0.05) is 67.6 Å². The van der Waals surface area contributed by atoms with Gasteiger partial charge in [0.2, 0.25) is 11.4 Å². The van der Waals surface area contributed by atoms with Crippen LogP contribution in [0, 0.1) is 5.92 Å². The predicted molar refractivity (Wildman–Crippen MR) is 225 cm³/mol. The van der Waals surface area contributed by atoms with Gasteiger partial charge in [-0.2, -0.15) is 0 Å². The monoisotopic (exact) mass is 785 g/mol. The van der Waals surface area contributed by atoms with Crippen molar-refractivity contribution in [2.45, 2.75) is 69.2 Å². The molecule has 2 aromatic carbocycles. The number of nitrogens with one attached hydrogen (secondary N) is 2. The van der Waals surface area contributed by atoms with E-state index in [0.717, 1.165) is 52.6 Å². The van der Waals surface area contributed by atoms with Gasteiger partial charge in [0.25, 0.3) is 0 Å². The topological polar surface area (TPSA) is 102 Å². The summed E-state index contributed by atoms with van der Waals surface area (Å²) in [6, 6.07) is 19.2. The molecule has 1 amide bonds. The van der Waals surface area contributed by atoms with Crippen LogP contribution < -0.4 is 20.1 Å². The minimum Gasteiger partial charge on any atom is -0.386 e. The molecule has 10 nitrogen and oxygen atoms in total. The van der Waals surface area contributed by atoms with E-state index >= 15 is 0 Å². The number of allylic oxidation sites excluding steroid dienone is 3. The summed E-state index contributed by atoms with van der Waals surface area (Å²) < 4.78 is 24.6. The molecule has 2 N–H and O–H groups in total. The van der Waals surface area contributed by atoms with Crippen LogP contribution in [0.15, 0.2) is 95.1 Å². The van der Waals surface area contributed by atoms with Crippen molar-refractivity contribution in [3.63, 3.8) is 0 Å². The number of amides is 1. The first-order valence-corrected chi connectivity index (χ1v) is 21.0. The molecule has 3 heterocycles. The number of Topliss-reactive ketones (excluding diaryl/α,β-unsaturated/α-hetero) is 1. The molecule has 0 bridgehead atoms. The van der Waals surface area contributed by atoms with Gasteiger partial charge in [0.05, 0.1) is 62.4 Å². The van der Waals surface area contributed by atoms with Gasteiger partial charge in [0.15, 0.2) is 6.20 Å². The average molecular weight is 786 g/mol. The molecule has 1 saturated heterocycles. The van der Waals surface area contributed by atoms with Crippen LogP contribution in [0.4, 0.5) is 5.69 Å². The molecule has 0 aliphatic carbocycles. The second kappa shape index (κ2) is 23.9. The van der Waals surface area contributed by atoms with Gasteiger partial charge < -0.3 is 34.5 Å². The molecule has 56 heavy (non-hydrogen) atoms. The number of thioether (sulfide) groups is 1. The zero-order valence-electron chi connectivity index (χ0n) is 33.3. The van der Waals surface area contributed by atoms with Crippen molar-refractivity contribution in [3.05, 3.63) is 95.8 Å². The molecule has 2 aliphatic heterocycles. The molecule has 302 valence electrons. The summed E-state index contributed by atoms with van der Waals surface area (Å²) in [7, 11) is 2.05. The zero-order chi connectivity index (χ0) is 39.4. The number of ketones is 1. The predicted octanol–water partition coefficient (Wildman–Crippen LogP) is 7.13. The number of aromatic nitrogens is 1. The number of para-hydroxylation sites is 2. The lowest BCUT2D eigenvalue weighted by molar-refractivity contribution is -0.644. The van der Waals surface area contributed by atoms with Crippen molar-refractivity contribution in [1.82, 2.24) is 10.6 Å². The summed E-state index contributed by atoms with van der Waals surface area (Å²) in [5.74, 6) is 0.960. The van der Waals surface area contributed by atoms with Gasteiger partial charge in [-0.25, -0.2) is 4.57 Å². The number of hydrogen-bond donors (Lipinski definition) is 2. The number of carbonyl (C=O) groups excluding carboxylic acids is 2. The lowest BCUT2D eigenvalue weighted by Crippen LogP contribution is -2.37. The zero-order valence-corrected chi connectivity index (χ0v) is 34.2. The number of nitrogens with zero attached hydrogens (tertiary/aromatic N) is 2.